The van der Waals surface area contributed by atoms with E-state index in [-0.39, 0.29) is 11.9 Å². The van der Waals surface area contributed by atoms with Crippen LogP contribution in [-0.2, 0) is 0 Å². The lowest BCUT2D eigenvalue weighted by Gasteiger charge is -2.23. The van der Waals surface area contributed by atoms with E-state index in [9.17, 15) is 4.79 Å². The second-order valence-corrected chi connectivity index (χ2v) is 5.58. The molecule has 1 aromatic heterocycles. The van der Waals surface area contributed by atoms with Crippen LogP contribution in [0.25, 0.3) is 10.9 Å². The molecule has 0 spiro atoms. The summed E-state index contributed by atoms with van der Waals surface area (Å²) in [4.78, 5) is 20.9. The van der Waals surface area contributed by atoms with Crippen molar-refractivity contribution in [2.24, 2.45) is 0 Å². The van der Waals surface area contributed by atoms with Gasteiger partial charge in [0.25, 0.3) is 5.91 Å². The molecule has 1 saturated carbocycles. The molecule has 1 aliphatic rings. The van der Waals surface area contributed by atoms with Crippen LogP contribution in [0.3, 0.4) is 0 Å². The Kier molecular flexibility index (Phi) is 3.73. The first-order valence-corrected chi connectivity index (χ1v) is 7.49. The summed E-state index contributed by atoms with van der Waals surface area (Å²) in [5, 5.41) is 3.55. The van der Waals surface area contributed by atoms with Gasteiger partial charge in [0, 0.05) is 18.4 Å². The SMILES string of the molecule is CNC(=O)c1cccc2nc(N)nc(C3CCCCC3)c12. The highest BCUT2D eigenvalue weighted by atomic mass is 16.1. The third-order valence-electron chi connectivity index (χ3n) is 4.23. The van der Waals surface area contributed by atoms with E-state index in [2.05, 4.69) is 15.3 Å². The van der Waals surface area contributed by atoms with Gasteiger partial charge in [0.1, 0.15) is 0 Å². The zero-order chi connectivity index (χ0) is 14.8. The van der Waals surface area contributed by atoms with E-state index >= 15 is 0 Å². The molecule has 0 radical (unpaired) electrons. The van der Waals surface area contributed by atoms with Crippen molar-refractivity contribution in [1.82, 2.24) is 15.3 Å². The molecule has 0 atom stereocenters. The molecule has 5 nitrogen and oxygen atoms in total. The third kappa shape index (κ3) is 2.55. The Labute approximate surface area is 124 Å². The maximum atomic E-state index is 12.1. The van der Waals surface area contributed by atoms with E-state index in [1.165, 1.54) is 19.3 Å². The molecule has 1 aliphatic carbocycles. The maximum absolute atomic E-state index is 12.1. The molecule has 0 aliphatic heterocycles. The summed E-state index contributed by atoms with van der Waals surface area (Å²) in [6.07, 6.45) is 5.90. The van der Waals surface area contributed by atoms with Gasteiger partial charge in [-0.05, 0) is 25.0 Å². The first-order chi connectivity index (χ1) is 10.2. The minimum atomic E-state index is -0.106. The summed E-state index contributed by atoms with van der Waals surface area (Å²) in [7, 11) is 1.64. The topological polar surface area (TPSA) is 80.9 Å². The number of nitrogens with one attached hydrogen (secondary N) is 1. The Morgan fingerprint density at radius 1 is 1.24 bits per heavy atom. The second-order valence-electron chi connectivity index (χ2n) is 5.58. The summed E-state index contributed by atoms with van der Waals surface area (Å²) in [6.45, 7) is 0. The van der Waals surface area contributed by atoms with Crippen LogP contribution in [0, 0.1) is 0 Å². The van der Waals surface area contributed by atoms with Gasteiger partial charge in [-0.2, -0.15) is 0 Å². The number of amides is 1. The summed E-state index contributed by atoms with van der Waals surface area (Å²) in [5.74, 6) is 0.556. The van der Waals surface area contributed by atoms with Gasteiger partial charge >= 0.3 is 0 Å². The van der Waals surface area contributed by atoms with Gasteiger partial charge < -0.3 is 11.1 Å². The van der Waals surface area contributed by atoms with Crippen LogP contribution in [0.15, 0.2) is 18.2 Å². The summed E-state index contributed by atoms with van der Waals surface area (Å²) in [5.41, 5.74) is 8.20. The number of nitrogens with zero attached hydrogens (tertiary/aromatic N) is 2. The number of nitrogen functional groups attached to an aromatic ring is 1. The second kappa shape index (κ2) is 5.68. The summed E-state index contributed by atoms with van der Waals surface area (Å²) < 4.78 is 0. The van der Waals surface area contributed by atoms with E-state index in [1.807, 2.05) is 18.2 Å². The lowest BCUT2D eigenvalue weighted by Crippen LogP contribution is -2.19. The lowest BCUT2D eigenvalue weighted by molar-refractivity contribution is 0.0964. The van der Waals surface area contributed by atoms with Gasteiger partial charge in [-0.3, -0.25) is 4.79 Å². The Morgan fingerprint density at radius 2 is 2.00 bits per heavy atom. The van der Waals surface area contributed by atoms with Crippen LogP contribution in [-0.4, -0.2) is 22.9 Å². The number of fused-ring (bicyclic) bond motifs is 1. The molecule has 5 heteroatoms. The van der Waals surface area contributed by atoms with Crippen molar-refractivity contribution in [2.75, 3.05) is 12.8 Å². The van der Waals surface area contributed by atoms with Gasteiger partial charge in [0.2, 0.25) is 5.95 Å². The zero-order valence-corrected chi connectivity index (χ0v) is 12.2. The van der Waals surface area contributed by atoms with E-state index in [0.717, 1.165) is 29.4 Å². The van der Waals surface area contributed by atoms with Crippen LogP contribution < -0.4 is 11.1 Å². The number of rotatable bonds is 2. The van der Waals surface area contributed by atoms with Crippen molar-refractivity contribution in [1.29, 1.82) is 0 Å². The number of anilines is 1. The predicted octanol–water partition coefficient (Wildman–Crippen LogP) is 2.62. The molecular formula is C16H20N4O. The molecule has 110 valence electrons. The molecule has 0 unspecified atom stereocenters. The van der Waals surface area contributed by atoms with E-state index in [4.69, 9.17) is 5.73 Å². The number of carbonyl (C=O) groups excluding carboxylic acids is 1. The third-order valence-corrected chi connectivity index (χ3v) is 4.23. The molecule has 0 bridgehead atoms. The van der Waals surface area contributed by atoms with E-state index < -0.39 is 0 Å². The fourth-order valence-electron chi connectivity index (χ4n) is 3.23. The minimum Gasteiger partial charge on any atom is -0.368 e. The molecule has 1 amide bonds. The number of hydrogen-bond donors (Lipinski definition) is 2. The largest absolute Gasteiger partial charge is 0.368 e. The van der Waals surface area contributed by atoms with Gasteiger partial charge in [0.15, 0.2) is 0 Å². The fraction of sp³-hybridized carbons (Fsp3) is 0.438. The molecule has 1 aromatic carbocycles. The Balaban J connectivity index is 2.23. The van der Waals surface area contributed by atoms with Crippen molar-refractivity contribution in [3.63, 3.8) is 0 Å². The van der Waals surface area contributed by atoms with Crippen LogP contribution in [0.1, 0.15) is 54.1 Å². The first-order valence-electron chi connectivity index (χ1n) is 7.49. The van der Waals surface area contributed by atoms with Crippen molar-refractivity contribution in [2.45, 2.75) is 38.0 Å². The zero-order valence-electron chi connectivity index (χ0n) is 12.2. The standard InChI is InChI=1S/C16H20N4O/c1-18-15(21)11-8-5-9-12-13(11)14(20-16(17)19-12)10-6-3-2-4-7-10/h5,8-10H,2-4,6-7H2,1H3,(H,18,21)(H2,17,19,20). The van der Waals surface area contributed by atoms with Crippen LogP contribution in [0.2, 0.25) is 0 Å². The highest BCUT2D eigenvalue weighted by Crippen LogP contribution is 2.36. The summed E-state index contributed by atoms with van der Waals surface area (Å²) >= 11 is 0. The molecular weight excluding hydrogens is 264 g/mol. The fourth-order valence-corrected chi connectivity index (χ4v) is 3.23. The Morgan fingerprint density at radius 3 is 2.71 bits per heavy atom. The van der Waals surface area contributed by atoms with Crippen molar-refractivity contribution in [3.05, 3.63) is 29.5 Å². The highest BCUT2D eigenvalue weighted by Gasteiger charge is 2.23. The van der Waals surface area contributed by atoms with Crippen LogP contribution >= 0.6 is 0 Å². The number of carbonyl (C=O) groups is 1. The predicted molar refractivity (Wildman–Crippen MR) is 83.2 cm³/mol. The average Bonchev–Trinajstić information content (AvgIpc) is 2.53. The summed E-state index contributed by atoms with van der Waals surface area (Å²) in [6, 6.07) is 5.56. The number of hydrogen-bond acceptors (Lipinski definition) is 4. The van der Waals surface area contributed by atoms with Crippen molar-refractivity contribution >= 4 is 22.8 Å². The van der Waals surface area contributed by atoms with Crippen molar-refractivity contribution < 1.29 is 4.79 Å². The van der Waals surface area contributed by atoms with Gasteiger partial charge in [-0.15, -0.1) is 0 Å². The molecule has 2 aromatic rings. The van der Waals surface area contributed by atoms with Gasteiger partial charge in [-0.25, -0.2) is 9.97 Å². The maximum Gasteiger partial charge on any atom is 0.251 e. The van der Waals surface area contributed by atoms with Crippen LogP contribution in [0.4, 0.5) is 5.95 Å². The van der Waals surface area contributed by atoms with Gasteiger partial charge in [-0.1, -0.05) is 25.3 Å². The van der Waals surface area contributed by atoms with E-state index in [1.54, 1.807) is 7.05 Å². The molecule has 0 saturated heterocycles. The lowest BCUT2D eigenvalue weighted by atomic mass is 9.84. The molecule has 21 heavy (non-hydrogen) atoms. The number of aromatic nitrogens is 2. The Bertz CT molecular complexity index is 677. The number of nitrogens with two attached hydrogens (primary N) is 1. The van der Waals surface area contributed by atoms with Crippen LogP contribution in [0.5, 0.6) is 0 Å². The quantitative estimate of drug-likeness (QED) is 0.888. The Hall–Kier alpha value is -2.17. The molecule has 1 fully saturated rings. The van der Waals surface area contributed by atoms with Crippen molar-refractivity contribution in [3.8, 4) is 0 Å². The average molecular weight is 284 g/mol. The minimum absolute atomic E-state index is 0.106. The first kappa shape index (κ1) is 13.8. The van der Waals surface area contributed by atoms with E-state index in [0.29, 0.717) is 11.5 Å². The normalized spacial score (nSPS) is 16.0. The smallest absolute Gasteiger partial charge is 0.251 e. The number of benzene rings is 1. The molecule has 3 rings (SSSR count). The van der Waals surface area contributed by atoms with Gasteiger partial charge in [0.05, 0.1) is 16.8 Å². The highest BCUT2D eigenvalue weighted by molar-refractivity contribution is 6.07. The monoisotopic (exact) mass is 284 g/mol. The molecule has 1 heterocycles. The molecule has 3 N–H and O–H groups in total.